The van der Waals surface area contributed by atoms with E-state index in [0.717, 1.165) is 18.8 Å². The second-order valence-electron chi connectivity index (χ2n) is 6.21. The lowest BCUT2D eigenvalue weighted by Crippen LogP contribution is -2.36. The minimum absolute atomic E-state index is 0.0499. The maximum Gasteiger partial charge on any atom is 0.0125 e. The average Bonchev–Trinajstić information content (AvgIpc) is 1.98. The van der Waals surface area contributed by atoms with Crippen LogP contribution in [0.2, 0.25) is 0 Å². The molecule has 86 valence electrons. The van der Waals surface area contributed by atoms with Gasteiger partial charge in [-0.2, -0.15) is 0 Å². The predicted octanol–water partition coefficient (Wildman–Crippen LogP) is 3.97. The summed E-state index contributed by atoms with van der Waals surface area (Å²) in [7, 11) is 0. The third-order valence-electron chi connectivity index (χ3n) is 3.45. The Morgan fingerprint density at radius 1 is 1.07 bits per heavy atom. The number of hydrogen-bond donors (Lipinski definition) is 1. The molecule has 0 fully saturated rings. The average molecular weight is 199 g/mol. The van der Waals surface area contributed by atoms with Crippen LogP contribution >= 0.6 is 0 Å². The van der Waals surface area contributed by atoms with Crippen LogP contribution in [0.5, 0.6) is 0 Å². The topological polar surface area (TPSA) is 26.0 Å². The molecule has 1 heteroatoms. The Balaban J connectivity index is 3.93. The first-order valence-electron chi connectivity index (χ1n) is 5.98. The van der Waals surface area contributed by atoms with Gasteiger partial charge in [0.2, 0.25) is 0 Å². The first kappa shape index (κ1) is 14.0. The van der Waals surface area contributed by atoms with Crippen molar-refractivity contribution in [1.82, 2.24) is 0 Å². The second kappa shape index (κ2) is 5.16. The number of hydrogen-bond acceptors (Lipinski definition) is 1. The van der Waals surface area contributed by atoms with Crippen molar-refractivity contribution in [3.8, 4) is 0 Å². The highest BCUT2D eigenvalue weighted by Crippen LogP contribution is 2.31. The van der Waals surface area contributed by atoms with Crippen molar-refractivity contribution in [2.24, 2.45) is 17.1 Å². The molecule has 0 aliphatic carbocycles. The molecular formula is C13H29N. The largest absolute Gasteiger partial charge is 0.325 e. The SMILES string of the molecule is CCCC(C)(N)CCC(C)C(C)(C)C. The van der Waals surface area contributed by atoms with Crippen molar-refractivity contribution in [3.63, 3.8) is 0 Å². The highest BCUT2D eigenvalue weighted by Gasteiger charge is 2.23. The minimum atomic E-state index is 0.0499. The van der Waals surface area contributed by atoms with Crippen LogP contribution in [0, 0.1) is 11.3 Å². The van der Waals surface area contributed by atoms with Crippen molar-refractivity contribution in [1.29, 1.82) is 0 Å². The summed E-state index contributed by atoms with van der Waals surface area (Å²) in [5, 5.41) is 0. The zero-order valence-electron chi connectivity index (χ0n) is 11.0. The van der Waals surface area contributed by atoms with Gasteiger partial charge in [-0.3, -0.25) is 0 Å². The summed E-state index contributed by atoms with van der Waals surface area (Å²) in [4.78, 5) is 0. The Kier molecular flexibility index (Phi) is 5.14. The molecular weight excluding hydrogens is 170 g/mol. The fraction of sp³-hybridized carbons (Fsp3) is 1.00. The van der Waals surface area contributed by atoms with E-state index < -0.39 is 0 Å². The molecule has 0 amide bonds. The molecule has 0 radical (unpaired) electrons. The molecule has 2 N–H and O–H groups in total. The Morgan fingerprint density at radius 3 is 1.93 bits per heavy atom. The van der Waals surface area contributed by atoms with Crippen molar-refractivity contribution >= 4 is 0 Å². The quantitative estimate of drug-likeness (QED) is 0.712. The van der Waals surface area contributed by atoms with E-state index in [1.165, 1.54) is 12.8 Å². The maximum atomic E-state index is 6.22. The predicted molar refractivity (Wildman–Crippen MR) is 65.4 cm³/mol. The summed E-state index contributed by atoms with van der Waals surface area (Å²) in [6.07, 6.45) is 4.73. The molecule has 0 heterocycles. The van der Waals surface area contributed by atoms with Crippen LogP contribution in [0.25, 0.3) is 0 Å². The summed E-state index contributed by atoms with van der Waals surface area (Å²) < 4.78 is 0. The fourth-order valence-corrected chi connectivity index (χ4v) is 1.68. The van der Waals surface area contributed by atoms with E-state index >= 15 is 0 Å². The van der Waals surface area contributed by atoms with Crippen LogP contribution in [0.1, 0.15) is 67.2 Å². The minimum Gasteiger partial charge on any atom is -0.325 e. The van der Waals surface area contributed by atoms with Gasteiger partial charge in [0, 0.05) is 5.54 Å². The molecule has 0 aromatic carbocycles. The lowest BCUT2D eigenvalue weighted by atomic mass is 9.77. The van der Waals surface area contributed by atoms with Gasteiger partial charge in [0.05, 0.1) is 0 Å². The lowest BCUT2D eigenvalue weighted by Gasteiger charge is -2.31. The summed E-state index contributed by atoms with van der Waals surface area (Å²) in [5.41, 5.74) is 6.69. The van der Waals surface area contributed by atoms with Gasteiger partial charge in [0.1, 0.15) is 0 Å². The molecule has 0 rings (SSSR count). The molecule has 2 unspecified atom stereocenters. The summed E-state index contributed by atoms with van der Waals surface area (Å²) in [5.74, 6) is 0.752. The van der Waals surface area contributed by atoms with Crippen molar-refractivity contribution in [2.75, 3.05) is 0 Å². The van der Waals surface area contributed by atoms with Crippen LogP contribution < -0.4 is 5.73 Å². The Morgan fingerprint density at radius 2 is 1.57 bits per heavy atom. The van der Waals surface area contributed by atoms with Gasteiger partial charge in [-0.05, 0) is 37.5 Å². The fourth-order valence-electron chi connectivity index (χ4n) is 1.68. The zero-order valence-corrected chi connectivity index (χ0v) is 11.0. The zero-order chi connectivity index (χ0) is 11.4. The van der Waals surface area contributed by atoms with Gasteiger partial charge in [0.15, 0.2) is 0 Å². The first-order valence-corrected chi connectivity index (χ1v) is 5.98. The van der Waals surface area contributed by atoms with Gasteiger partial charge >= 0.3 is 0 Å². The normalized spacial score (nSPS) is 19.1. The van der Waals surface area contributed by atoms with E-state index in [9.17, 15) is 0 Å². The Hall–Kier alpha value is -0.0400. The van der Waals surface area contributed by atoms with Crippen LogP contribution in [0.15, 0.2) is 0 Å². The van der Waals surface area contributed by atoms with Gasteiger partial charge in [-0.15, -0.1) is 0 Å². The van der Waals surface area contributed by atoms with Gasteiger partial charge in [-0.1, -0.05) is 41.0 Å². The molecule has 0 saturated carbocycles. The van der Waals surface area contributed by atoms with Crippen molar-refractivity contribution in [2.45, 2.75) is 72.8 Å². The van der Waals surface area contributed by atoms with Gasteiger partial charge in [-0.25, -0.2) is 0 Å². The third-order valence-corrected chi connectivity index (χ3v) is 3.45. The van der Waals surface area contributed by atoms with E-state index in [2.05, 4.69) is 41.5 Å². The molecule has 14 heavy (non-hydrogen) atoms. The van der Waals surface area contributed by atoms with E-state index in [4.69, 9.17) is 5.73 Å². The molecule has 0 aromatic heterocycles. The monoisotopic (exact) mass is 199 g/mol. The van der Waals surface area contributed by atoms with Gasteiger partial charge < -0.3 is 5.73 Å². The molecule has 2 atom stereocenters. The van der Waals surface area contributed by atoms with Crippen molar-refractivity contribution < 1.29 is 0 Å². The molecule has 0 bridgehead atoms. The summed E-state index contributed by atoms with van der Waals surface area (Å²) in [6, 6.07) is 0. The first-order chi connectivity index (χ1) is 6.19. The van der Waals surface area contributed by atoms with E-state index in [1.54, 1.807) is 0 Å². The Bertz CT molecular complexity index is 153. The maximum absolute atomic E-state index is 6.22. The highest BCUT2D eigenvalue weighted by molar-refractivity contribution is 4.80. The molecule has 1 nitrogen and oxygen atoms in total. The molecule has 0 aliphatic heterocycles. The standard InChI is InChI=1S/C13H29N/c1-7-9-13(6,14)10-8-11(2)12(3,4)5/h11H,7-10,14H2,1-6H3. The van der Waals surface area contributed by atoms with E-state index in [-0.39, 0.29) is 5.54 Å². The Labute approximate surface area is 90.5 Å². The summed E-state index contributed by atoms with van der Waals surface area (Å²) >= 11 is 0. The number of rotatable bonds is 5. The smallest absolute Gasteiger partial charge is 0.0125 e. The lowest BCUT2D eigenvalue weighted by molar-refractivity contribution is 0.221. The highest BCUT2D eigenvalue weighted by atomic mass is 14.7. The van der Waals surface area contributed by atoms with E-state index in [0.29, 0.717) is 5.41 Å². The number of nitrogens with two attached hydrogens (primary N) is 1. The molecule has 0 aromatic rings. The summed E-state index contributed by atoms with van der Waals surface area (Å²) in [6.45, 7) is 13.7. The molecule has 0 saturated heterocycles. The molecule has 0 aliphatic rings. The third kappa shape index (κ3) is 5.64. The molecule has 0 spiro atoms. The second-order valence-corrected chi connectivity index (χ2v) is 6.21. The van der Waals surface area contributed by atoms with E-state index in [1.807, 2.05) is 0 Å². The van der Waals surface area contributed by atoms with Crippen LogP contribution in [-0.4, -0.2) is 5.54 Å². The van der Waals surface area contributed by atoms with Crippen LogP contribution in [0.3, 0.4) is 0 Å². The van der Waals surface area contributed by atoms with Crippen LogP contribution in [0.4, 0.5) is 0 Å². The van der Waals surface area contributed by atoms with Crippen molar-refractivity contribution in [3.05, 3.63) is 0 Å². The van der Waals surface area contributed by atoms with Crippen LogP contribution in [-0.2, 0) is 0 Å². The van der Waals surface area contributed by atoms with Gasteiger partial charge in [0.25, 0.3) is 0 Å².